The van der Waals surface area contributed by atoms with Crippen LogP contribution in [0, 0.1) is 0 Å². The van der Waals surface area contributed by atoms with Gasteiger partial charge < -0.3 is 15.4 Å². The number of ether oxygens (including phenoxy) is 1. The van der Waals surface area contributed by atoms with Gasteiger partial charge in [0.25, 0.3) is 0 Å². The van der Waals surface area contributed by atoms with Crippen molar-refractivity contribution in [2.45, 2.75) is 24.9 Å². The van der Waals surface area contributed by atoms with Crippen molar-refractivity contribution in [1.82, 2.24) is 15.5 Å². The van der Waals surface area contributed by atoms with Gasteiger partial charge in [0.15, 0.2) is 5.96 Å². The molecule has 5 nitrogen and oxygen atoms in total. The molecular weight excluding hydrogens is 435 g/mol. The second-order valence-electron chi connectivity index (χ2n) is 5.92. The molecule has 1 aliphatic heterocycles. The van der Waals surface area contributed by atoms with Crippen LogP contribution in [0.3, 0.4) is 0 Å². The molecule has 24 heavy (non-hydrogen) atoms. The highest BCUT2D eigenvalue weighted by atomic mass is 127. The molecule has 1 saturated heterocycles. The zero-order chi connectivity index (χ0) is 15.9. The van der Waals surface area contributed by atoms with Gasteiger partial charge in [-0.05, 0) is 24.3 Å². The fourth-order valence-corrected chi connectivity index (χ4v) is 3.96. The van der Waals surface area contributed by atoms with Crippen LogP contribution >= 0.6 is 35.3 Å². The van der Waals surface area contributed by atoms with Gasteiger partial charge in [0.2, 0.25) is 0 Å². The van der Waals surface area contributed by atoms with E-state index in [2.05, 4.69) is 50.2 Å². The number of morpholine rings is 1. The number of nitrogens with zero attached hydrogens (tertiary/aromatic N) is 2. The van der Waals surface area contributed by atoms with Crippen molar-refractivity contribution in [2.75, 3.05) is 39.9 Å². The van der Waals surface area contributed by atoms with Crippen LogP contribution in [0.25, 0.3) is 0 Å². The van der Waals surface area contributed by atoms with Gasteiger partial charge >= 0.3 is 0 Å². The summed E-state index contributed by atoms with van der Waals surface area (Å²) in [6.07, 6.45) is 6.62. The minimum absolute atomic E-state index is 0. The summed E-state index contributed by atoms with van der Waals surface area (Å²) in [6.45, 7) is 4.48. The van der Waals surface area contributed by atoms with Gasteiger partial charge in [0.1, 0.15) is 0 Å². The molecule has 0 spiro atoms. The average Bonchev–Trinajstić information content (AvgIpc) is 3.29. The van der Waals surface area contributed by atoms with Crippen LogP contribution in [0.4, 0.5) is 0 Å². The molecule has 0 bridgehead atoms. The molecule has 2 N–H and O–H groups in total. The lowest BCUT2D eigenvalue weighted by atomic mass is 10.2. The quantitative estimate of drug-likeness (QED) is 0.306. The summed E-state index contributed by atoms with van der Waals surface area (Å²) >= 11 is 1.82. The molecule has 1 aliphatic carbocycles. The maximum atomic E-state index is 5.50. The molecule has 1 aromatic heterocycles. The van der Waals surface area contributed by atoms with E-state index >= 15 is 0 Å². The fraction of sp³-hybridized carbons (Fsp3) is 0.588. The number of nitrogens with one attached hydrogen (secondary N) is 2. The molecular formula is C17H27IN4OS. The smallest absolute Gasteiger partial charge is 0.191 e. The van der Waals surface area contributed by atoms with Crippen LogP contribution in [-0.4, -0.2) is 56.8 Å². The first-order chi connectivity index (χ1) is 11.4. The Morgan fingerprint density at radius 2 is 2.12 bits per heavy atom. The summed E-state index contributed by atoms with van der Waals surface area (Å²) in [6, 6.07) is 5.21. The van der Waals surface area contributed by atoms with Crippen molar-refractivity contribution in [1.29, 1.82) is 0 Å². The first-order valence-electron chi connectivity index (χ1n) is 8.34. The maximum Gasteiger partial charge on any atom is 0.191 e. The SMILES string of the molecule is CN=C(NCC(c1cccs1)N1CCOCC1)NC1CC=CC1.I. The predicted molar refractivity (Wildman–Crippen MR) is 112 cm³/mol. The van der Waals surface area contributed by atoms with E-state index in [9.17, 15) is 0 Å². The lowest BCUT2D eigenvalue weighted by molar-refractivity contribution is 0.0177. The molecule has 0 amide bonds. The number of hydrogen-bond acceptors (Lipinski definition) is 4. The average molecular weight is 462 g/mol. The Morgan fingerprint density at radius 3 is 2.75 bits per heavy atom. The van der Waals surface area contributed by atoms with Crippen molar-refractivity contribution >= 4 is 41.3 Å². The molecule has 1 aromatic rings. The highest BCUT2D eigenvalue weighted by Gasteiger charge is 2.24. The third-order valence-electron chi connectivity index (χ3n) is 4.39. The Hall–Kier alpha value is -0.640. The fourth-order valence-electron chi connectivity index (χ4n) is 3.10. The van der Waals surface area contributed by atoms with Crippen molar-refractivity contribution in [3.63, 3.8) is 0 Å². The van der Waals surface area contributed by atoms with Crippen LogP contribution in [0.5, 0.6) is 0 Å². The first kappa shape index (κ1) is 19.7. The Labute approximate surface area is 165 Å². The third kappa shape index (κ3) is 5.44. The molecule has 3 rings (SSSR count). The van der Waals surface area contributed by atoms with Crippen LogP contribution in [0.15, 0.2) is 34.7 Å². The number of hydrogen-bond donors (Lipinski definition) is 2. The summed E-state index contributed by atoms with van der Waals surface area (Å²) in [4.78, 5) is 8.28. The van der Waals surface area contributed by atoms with Gasteiger partial charge in [-0.3, -0.25) is 9.89 Å². The highest BCUT2D eigenvalue weighted by molar-refractivity contribution is 14.0. The predicted octanol–water partition coefficient (Wildman–Crippen LogP) is 2.62. The molecule has 0 saturated carbocycles. The van der Waals surface area contributed by atoms with Crippen molar-refractivity contribution in [3.05, 3.63) is 34.5 Å². The van der Waals surface area contributed by atoms with Crippen LogP contribution in [0.1, 0.15) is 23.8 Å². The van der Waals surface area contributed by atoms with Crippen LogP contribution in [0.2, 0.25) is 0 Å². The highest BCUT2D eigenvalue weighted by Crippen LogP contribution is 2.25. The normalized spacial score (nSPS) is 20.6. The Bertz CT molecular complexity index is 521. The Morgan fingerprint density at radius 1 is 1.38 bits per heavy atom. The zero-order valence-corrected chi connectivity index (χ0v) is 17.3. The molecule has 1 fully saturated rings. The molecule has 2 aliphatic rings. The van der Waals surface area contributed by atoms with E-state index in [1.54, 1.807) is 0 Å². The van der Waals surface area contributed by atoms with Gasteiger partial charge in [-0.2, -0.15) is 0 Å². The zero-order valence-electron chi connectivity index (χ0n) is 14.1. The van der Waals surface area contributed by atoms with E-state index in [0.29, 0.717) is 12.1 Å². The second kappa shape index (κ2) is 10.4. The molecule has 1 atom stereocenters. The molecule has 7 heteroatoms. The van der Waals surface area contributed by atoms with E-state index in [-0.39, 0.29) is 24.0 Å². The molecule has 0 radical (unpaired) electrons. The largest absolute Gasteiger partial charge is 0.379 e. The number of halogens is 1. The second-order valence-corrected chi connectivity index (χ2v) is 6.90. The Balaban J connectivity index is 0.00000208. The van der Waals surface area contributed by atoms with Gasteiger partial charge in [-0.25, -0.2) is 0 Å². The van der Waals surface area contributed by atoms with Gasteiger partial charge in [-0.15, -0.1) is 35.3 Å². The summed E-state index contributed by atoms with van der Waals surface area (Å²) < 4.78 is 5.50. The Kier molecular flexibility index (Phi) is 8.51. The maximum absolute atomic E-state index is 5.50. The molecule has 2 heterocycles. The van der Waals surface area contributed by atoms with E-state index in [0.717, 1.165) is 51.6 Å². The molecule has 134 valence electrons. The van der Waals surface area contributed by atoms with Crippen molar-refractivity contribution < 1.29 is 4.74 Å². The topological polar surface area (TPSA) is 48.9 Å². The van der Waals surface area contributed by atoms with Gasteiger partial charge in [0.05, 0.1) is 19.3 Å². The van der Waals surface area contributed by atoms with E-state index in [1.807, 2.05) is 18.4 Å². The van der Waals surface area contributed by atoms with Gasteiger partial charge in [0, 0.05) is 37.6 Å². The van der Waals surface area contributed by atoms with E-state index < -0.39 is 0 Å². The first-order valence-corrected chi connectivity index (χ1v) is 9.22. The monoisotopic (exact) mass is 462 g/mol. The van der Waals surface area contributed by atoms with Gasteiger partial charge in [-0.1, -0.05) is 18.2 Å². The van der Waals surface area contributed by atoms with Crippen LogP contribution < -0.4 is 10.6 Å². The summed E-state index contributed by atoms with van der Waals surface area (Å²) in [7, 11) is 1.84. The lowest BCUT2D eigenvalue weighted by Crippen LogP contribution is -2.47. The van der Waals surface area contributed by atoms with Crippen molar-refractivity contribution in [2.24, 2.45) is 4.99 Å². The minimum Gasteiger partial charge on any atom is -0.379 e. The summed E-state index contributed by atoms with van der Waals surface area (Å²) in [5.74, 6) is 0.897. The standard InChI is InChI=1S/C17H26N4OS.HI/c1-18-17(20-14-5-2-3-6-14)19-13-15(16-7-4-12-23-16)21-8-10-22-11-9-21;/h2-4,7,12,14-15H,5-6,8-11,13H2,1H3,(H2,18,19,20);1H. The summed E-state index contributed by atoms with van der Waals surface area (Å²) in [5, 5.41) is 9.18. The lowest BCUT2D eigenvalue weighted by Gasteiger charge is -2.34. The number of rotatable bonds is 5. The van der Waals surface area contributed by atoms with Crippen molar-refractivity contribution in [3.8, 4) is 0 Å². The molecule has 0 aromatic carbocycles. The van der Waals surface area contributed by atoms with E-state index in [4.69, 9.17) is 4.74 Å². The summed E-state index contributed by atoms with van der Waals surface area (Å²) in [5.41, 5.74) is 0. The molecule has 1 unspecified atom stereocenters. The third-order valence-corrected chi connectivity index (χ3v) is 5.37. The van der Waals surface area contributed by atoms with Crippen LogP contribution in [-0.2, 0) is 4.74 Å². The number of aliphatic imine (C=N–C) groups is 1. The van der Waals surface area contributed by atoms with E-state index in [1.165, 1.54) is 4.88 Å². The number of thiophene rings is 1. The minimum atomic E-state index is 0. The number of guanidine groups is 1.